The molecule has 6 heteroatoms. The molecule has 1 aliphatic rings. The molecule has 0 aliphatic heterocycles. The number of carbonyl (C=O) groups excluding carboxylic acids is 1. The molecule has 0 spiro atoms. The molecular weight excluding hydrogens is 428 g/mol. The second kappa shape index (κ2) is 11.6. The maximum atomic E-state index is 12.4. The minimum Gasteiger partial charge on any atom is -0.345 e. The Morgan fingerprint density at radius 2 is 1.73 bits per heavy atom. The lowest BCUT2D eigenvalue weighted by atomic mass is 10.00. The van der Waals surface area contributed by atoms with Crippen LogP contribution in [0.3, 0.4) is 0 Å². The third-order valence-electron chi connectivity index (χ3n) is 4.69. The van der Waals surface area contributed by atoms with Crippen molar-refractivity contribution in [1.29, 1.82) is 0 Å². The lowest BCUT2D eigenvalue weighted by Gasteiger charge is -2.31. The van der Waals surface area contributed by atoms with Gasteiger partial charge in [-0.15, -0.1) is 23.5 Å². The van der Waals surface area contributed by atoms with E-state index in [1.54, 1.807) is 0 Å². The van der Waals surface area contributed by atoms with Crippen LogP contribution in [0.4, 0.5) is 0 Å². The summed E-state index contributed by atoms with van der Waals surface area (Å²) in [6.45, 7) is 1.87. The predicted octanol–water partition coefficient (Wildman–Crippen LogP) is 5.00. The van der Waals surface area contributed by atoms with Crippen LogP contribution in [0.25, 0.3) is 0 Å². The molecule has 1 saturated carbocycles. The Morgan fingerprint density at radius 1 is 1.08 bits per heavy atom. The van der Waals surface area contributed by atoms with E-state index in [1.165, 1.54) is 30.6 Å². The van der Waals surface area contributed by atoms with Gasteiger partial charge in [0.1, 0.15) is 0 Å². The van der Waals surface area contributed by atoms with Crippen molar-refractivity contribution in [3.63, 3.8) is 0 Å². The summed E-state index contributed by atoms with van der Waals surface area (Å²) >= 11 is 7.36. The zero-order valence-corrected chi connectivity index (χ0v) is 19.3. The largest absolute Gasteiger partial charge is 0.345 e. The van der Waals surface area contributed by atoms with E-state index >= 15 is 0 Å². The monoisotopic (exact) mass is 458 g/mol. The van der Waals surface area contributed by atoms with Crippen molar-refractivity contribution >= 4 is 45.4 Å². The van der Waals surface area contributed by atoms with E-state index in [0.29, 0.717) is 16.3 Å². The summed E-state index contributed by atoms with van der Waals surface area (Å²) in [5.74, 6) is 0.882. The lowest BCUT2D eigenvalue weighted by Crippen LogP contribution is -2.33. The molecule has 3 nitrogen and oxygen atoms in total. The Hall–Kier alpha value is -0.170. The second-order valence-corrected chi connectivity index (χ2v) is 10.7. The van der Waals surface area contributed by atoms with E-state index in [9.17, 15) is 4.79 Å². The fraction of sp³-hybridized carbons (Fsp3) is 0.650. The maximum Gasteiger partial charge on any atom is 0.232 e. The fourth-order valence-electron chi connectivity index (χ4n) is 3.11. The first-order valence-electron chi connectivity index (χ1n) is 9.38. The highest BCUT2D eigenvalue weighted by Crippen LogP contribution is 2.39. The van der Waals surface area contributed by atoms with E-state index in [1.807, 2.05) is 35.5 Å². The summed E-state index contributed by atoms with van der Waals surface area (Å²) in [7, 11) is 6.08. The van der Waals surface area contributed by atoms with Crippen molar-refractivity contribution in [3.8, 4) is 0 Å². The molecule has 0 heterocycles. The third-order valence-corrected chi connectivity index (χ3v) is 8.21. The highest BCUT2D eigenvalue weighted by atomic mass is 79.9. The maximum absolute atomic E-state index is 12.4. The zero-order valence-electron chi connectivity index (χ0n) is 16.1. The molecule has 2 unspecified atom stereocenters. The van der Waals surface area contributed by atoms with Crippen LogP contribution in [0.1, 0.15) is 32.1 Å². The number of amides is 1. The smallest absolute Gasteiger partial charge is 0.232 e. The second-order valence-electron chi connectivity index (χ2n) is 7.22. The SMILES string of the molecule is CN(C)CCCN(C)C(=O)CSC1CCCCC1Sc1ccc(Br)cc1. The van der Waals surface area contributed by atoms with Gasteiger partial charge in [0, 0.05) is 33.5 Å². The molecule has 2 rings (SSSR count). The van der Waals surface area contributed by atoms with Crippen LogP contribution in [-0.4, -0.2) is 66.2 Å². The lowest BCUT2D eigenvalue weighted by molar-refractivity contribution is -0.127. The number of nitrogens with zero attached hydrogens (tertiary/aromatic N) is 2. The molecule has 0 aromatic heterocycles. The van der Waals surface area contributed by atoms with Crippen molar-refractivity contribution in [1.82, 2.24) is 9.80 Å². The first kappa shape index (κ1) is 22.1. The highest BCUT2D eigenvalue weighted by molar-refractivity contribution is 9.10. The van der Waals surface area contributed by atoms with Gasteiger partial charge in [-0.25, -0.2) is 0 Å². The zero-order chi connectivity index (χ0) is 18.9. The summed E-state index contributed by atoms with van der Waals surface area (Å²) in [4.78, 5) is 17.8. The number of carbonyl (C=O) groups is 1. The number of hydrogen-bond donors (Lipinski definition) is 0. The average Bonchev–Trinajstić information content (AvgIpc) is 2.62. The Balaban J connectivity index is 1.79. The summed E-state index contributed by atoms with van der Waals surface area (Å²) in [5, 5.41) is 1.19. The Bertz CT molecular complexity index is 553. The molecule has 146 valence electrons. The highest BCUT2D eigenvalue weighted by Gasteiger charge is 2.27. The summed E-state index contributed by atoms with van der Waals surface area (Å²) in [5.41, 5.74) is 0. The van der Waals surface area contributed by atoms with E-state index < -0.39 is 0 Å². The van der Waals surface area contributed by atoms with Gasteiger partial charge in [0.15, 0.2) is 0 Å². The molecule has 1 aliphatic carbocycles. The topological polar surface area (TPSA) is 23.6 Å². The first-order chi connectivity index (χ1) is 12.5. The summed E-state index contributed by atoms with van der Waals surface area (Å²) in [6.07, 6.45) is 6.12. The van der Waals surface area contributed by atoms with Crippen LogP contribution >= 0.6 is 39.5 Å². The number of benzene rings is 1. The van der Waals surface area contributed by atoms with Crippen LogP contribution in [0, 0.1) is 0 Å². The predicted molar refractivity (Wildman–Crippen MR) is 119 cm³/mol. The van der Waals surface area contributed by atoms with Gasteiger partial charge in [-0.05, 0) is 64.2 Å². The Labute approximate surface area is 175 Å². The number of halogens is 1. The summed E-state index contributed by atoms with van der Waals surface area (Å²) < 4.78 is 1.12. The van der Waals surface area contributed by atoms with E-state index in [-0.39, 0.29) is 5.91 Å². The minimum atomic E-state index is 0.270. The first-order valence-corrected chi connectivity index (χ1v) is 12.1. The normalized spacial score (nSPS) is 20.3. The number of thioether (sulfide) groups is 2. The quantitative estimate of drug-likeness (QED) is 0.519. The molecule has 0 N–H and O–H groups in total. The summed E-state index contributed by atoms with van der Waals surface area (Å²) in [6, 6.07) is 8.60. The van der Waals surface area contributed by atoms with E-state index in [4.69, 9.17) is 0 Å². The number of hydrogen-bond acceptors (Lipinski definition) is 4. The van der Waals surface area contributed by atoms with Gasteiger partial charge in [-0.1, -0.05) is 28.8 Å². The van der Waals surface area contributed by atoms with Crippen molar-refractivity contribution in [3.05, 3.63) is 28.7 Å². The van der Waals surface area contributed by atoms with E-state index in [0.717, 1.165) is 24.0 Å². The van der Waals surface area contributed by atoms with Crippen molar-refractivity contribution < 1.29 is 4.79 Å². The fourth-order valence-corrected chi connectivity index (χ4v) is 6.26. The van der Waals surface area contributed by atoms with E-state index in [2.05, 4.69) is 59.2 Å². The molecule has 2 atom stereocenters. The molecule has 0 radical (unpaired) electrons. The van der Waals surface area contributed by atoms with Crippen molar-refractivity contribution in [2.24, 2.45) is 0 Å². The van der Waals surface area contributed by atoms with Gasteiger partial charge in [0.05, 0.1) is 5.75 Å². The number of rotatable bonds is 9. The molecule has 26 heavy (non-hydrogen) atoms. The van der Waals surface area contributed by atoms with Crippen LogP contribution in [0.5, 0.6) is 0 Å². The van der Waals surface area contributed by atoms with Crippen LogP contribution in [0.2, 0.25) is 0 Å². The van der Waals surface area contributed by atoms with Crippen molar-refractivity contribution in [2.45, 2.75) is 47.5 Å². The van der Waals surface area contributed by atoms with Gasteiger partial charge in [0.25, 0.3) is 0 Å². The van der Waals surface area contributed by atoms with Crippen LogP contribution in [0.15, 0.2) is 33.6 Å². The Kier molecular flexibility index (Phi) is 9.89. The molecule has 1 amide bonds. The third kappa shape index (κ3) is 7.83. The molecule has 0 bridgehead atoms. The molecule has 0 saturated heterocycles. The van der Waals surface area contributed by atoms with Gasteiger partial charge in [-0.3, -0.25) is 4.79 Å². The average molecular weight is 460 g/mol. The van der Waals surface area contributed by atoms with Crippen molar-refractivity contribution in [2.75, 3.05) is 40.0 Å². The van der Waals surface area contributed by atoms with Gasteiger partial charge in [0.2, 0.25) is 5.91 Å². The molecule has 1 aromatic carbocycles. The minimum absolute atomic E-state index is 0.270. The molecule has 1 fully saturated rings. The van der Waals surface area contributed by atoms with Crippen LogP contribution in [-0.2, 0) is 4.79 Å². The van der Waals surface area contributed by atoms with Gasteiger partial charge >= 0.3 is 0 Å². The standard InChI is InChI=1S/C20H31BrN2OS2/c1-22(2)13-6-14-23(3)20(24)15-25-18-7-4-5-8-19(18)26-17-11-9-16(21)10-12-17/h9-12,18-19H,4-8,13-15H2,1-3H3. The van der Waals surface area contributed by atoms with Gasteiger partial charge < -0.3 is 9.80 Å². The Morgan fingerprint density at radius 3 is 2.38 bits per heavy atom. The van der Waals surface area contributed by atoms with Gasteiger partial charge in [-0.2, -0.15) is 0 Å². The molecular formula is C20H31BrN2OS2. The molecule has 1 aromatic rings. The van der Waals surface area contributed by atoms with Crippen LogP contribution < -0.4 is 0 Å².